The van der Waals surface area contributed by atoms with Gasteiger partial charge in [-0.15, -0.1) is 0 Å². The molecule has 41 heavy (non-hydrogen) atoms. The number of fused-ring (bicyclic) bond motifs is 2. The number of carbonyl (C=O) groups is 4. The van der Waals surface area contributed by atoms with E-state index in [-0.39, 0.29) is 29.9 Å². The number of cyclic esters (lactones) is 2. The highest BCUT2D eigenvalue weighted by Crippen LogP contribution is 2.49. The van der Waals surface area contributed by atoms with Crippen LogP contribution in [0, 0.1) is 0 Å². The Morgan fingerprint density at radius 3 is 1.83 bits per heavy atom. The molecule has 0 N–H and O–H groups in total. The van der Waals surface area contributed by atoms with Gasteiger partial charge in [-0.2, -0.15) is 0 Å². The van der Waals surface area contributed by atoms with Gasteiger partial charge in [-0.1, -0.05) is 70.7 Å². The smallest absolute Gasteiger partial charge is 0.346 e. The fraction of sp³-hybridized carbons (Fsp3) is 0.250. The molecule has 0 aromatic heterocycles. The second kappa shape index (κ2) is 10.7. The van der Waals surface area contributed by atoms with Crippen LogP contribution in [0.15, 0.2) is 45.3 Å². The SMILES string of the molecule is CCCCOC(=O)c1ccc2c3c(Br)cc4c5c(ccc(c6c(Br)cc(C(=O)OCCCC)c1c26)c53)C(=O)OC4=O. The third kappa shape index (κ3) is 4.28. The summed E-state index contributed by atoms with van der Waals surface area (Å²) in [6.45, 7) is 4.55. The molecule has 1 aliphatic heterocycles. The van der Waals surface area contributed by atoms with E-state index < -0.39 is 23.9 Å². The van der Waals surface area contributed by atoms with Crippen LogP contribution in [0.4, 0.5) is 0 Å². The summed E-state index contributed by atoms with van der Waals surface area (Å²) in [6.07, 6.45) is 3.17. The van der Waals surface area contributed by atoms with Gasteiger partial charge >= 0.3 is 23.9 Å². The molecule has 208 valence electrons. The number of carbonyl (C=O) groups excluding carboxylic acids is 4. The monoisotopic (exact) mass is 678 g/mol. The molecule has 6 rings (SSSR count). The van der Waals surface area contributed by atoms with Gasteiger partial charge in [-0.05, 0) is 47.9 Å². The summed E-state index contributed by atoms with van der Waals surface area (Å²) in [5, 5.41) is 5.29. The lowest BCUT2D eigenvalue weighted by atomic mass is 9.84. The molecule has 5 aromatic rings. The van der Waals surface area contributed by atoms with Crippen LogP contribution in [0.3, 0.4) is 0 Å². The lowest BCUT2D eigenvalue weighted by Gasteiger charge is -2.23. The Morgan fingerprint density at radius 1 is 0.659 bits per heavy atom. The normalized spacial score (nSPS) is 13.0. The van der Waals surface area contributed by atoms with Crippen molar-refractivity contribution in [2.45, 2.75) is 39.5 Å². The van der Waals surface area contributed by atoms with E-state index in [1.165, 1.54) is 0 Å². The molecule has 5 aromatic carbocycles. The minimum Gasteiger partial charge on any atom is -0.462 e. The second-order valence-corrected chi connectivity index (χ2v) is 11.7. The van der Waals surface area contributed by atoms with Gasteiger partial charge in [0.25, 0.3) is 0 Å². The van der Waals surface area contributed by atoms with Gasteiger partial charge in [0.05, 0.1) is 35.5 Å². The zero-order valence-corrected chi connectivity index (χ0v) is 25.5. The van der Waals surface area contributed by atoms with Gasteiger partial charge < -0.3 is 14.2 Å². The maximum absolute atomic E-state index is 13.5. The van der Waals surface area contributed by atoms with Crippen LogP contribution in [-0.4, -0.2) is 37.1 Å². The van der Waals surface area contributed by atoms with Crippen LogP contribution in [0.1, 0.15) is 81.0 Å². The average molecular weight is 680 g/mol. The first-order chi connectivity index (χ1) is 19.8. The van der Waals surface area contributed by atoms with Gasteiger partial charge in [0.2, 0.25) is 0 Å². The maximum atomic E-state index is 13.5. The standard InChI is InChI=1S/C32H24Br2O7/c1-3-5-11-39-29(35)17-9-7-15-26-22(34)14-20-24-18(31(37)41-32(20)38)10-8-16(28(24)26)25-21(33)13-19(23(17)27(15)25)30(36)40-12-6-4-2/h7-10,13-14H,3-6,11-12H2,1-2H3. The molecular weight excluding hydrogens is 656 g/mol. The van der Waals surface area contributed by atoms with Crippen molar-refractivity contribution in [2.24, 2.45) is 0 Å². The van der Waals surface area contributed by atoms with Crippen molar-refractivity contribution in [3.63, 3.8) is 0 Å². The third-order valence-electron chi connectivity index (χ3n) is 7.53. The van der Waals surface area contributed by atoms with E-state index in [1.54, 1.807) is 24.3 Å². The van der Waals surface area contributed by atoms with E-state index in [0.29, 0.717) is 42.5 Å². The Kier molecular flexibility index (Phi) is 7.20. The third-order valence-corrected chi connectivity index (χ3v) is 8.79. The summed E-state index contributed by atoms with van der Waals surface area (Å²) in [4.78, 5) is 52.3. The molecule has 7 nitrogen and oxygen atoms in total. The first-order valence-electron chi connectivity index (χ1n) is 13.5. The van der Waals surface area contributed by atoms with Crippen molar-refractivity contribution in [2.75, 3.05) is 13.2 Å². The van der Waals surface area contributed by atoms with Crippen molar-refractivity contribution in [1.29, 1.82) is 0 Å². The number of rotatable bonds is 8. The van der Waals surface area contributed by atoms with Crippen molar-refractivity contribution in [3.8, 4) is 0 Å². The molecule has 0 fully saturated rings. The van der Waals surface area contributed by atoms with Gasteiger partial charge in [-0.3, -0.25) is 0 Å². The second-order valence-electron chi connectivity index (χ2n) is 10.0. The van der Waals surface area contributed by atoms with Gasteiger partial charge in [0, 0.05) is 41.3 Å². The molecule has 0 radical (unpaired) electrons. The molecular formula is C32H24Br2O7. The predicted octanol–water partition coefficient (Wildman–Crippen LogP) is 8.49. The van der Waals surface area contributed by atoms with E-state index >= 15 is 0 Å². The zero-order chi connectivity index (χ0) is 29.0. The molecule has 0 saturated carbocycles. The molecule has 0 aliphatic carbocycles. The van der Waals surface area contributed by atoms with Crippen LogP contribution in [-0.2, 0) is 14.2 Å². The summed E-state index contributed by atoms with van der Waals surface area (Å²) in [6, 6.07) is 10.3. The minimum atomic E-state index is -0.711. The lowest BCUT2D eigenvalue weighted by Crippen LogP contribution is -2.20. The summed E-state index contributed by atoms with van der Waals surface area (Å²) in [7, 11) is 0. The van der Waals surface area contributed by atoms with Crippen LogP contribution in [0.2, 0.25) is 0 Å². The highest BCUT2D eigenvalue weighted by Gasteiger charge is 2.32. The number of ether oxygens (including phenoxy) is 3. The van der Waals surface area contributed by atoms with Gasteiger partial charge in [0.15, 0.2) is 0 Å². The molecule has 0 unspecified atom stereocenters. The molecule has 0 amide bonds. The first-order valence-corrected chi connectivity index (χ1v) is 15.1. The van der Waals surface area contributed by atoms with E-state index in [1.807, 2.05) is 26.0 Å². The highest BCUT2D eigenvalue weighted by molar-refractivity contribution is 9.11. The fourth-order valence-electron chi connectivity index (χ4n) is 5.64. The first kappa shape index (κ1) is 27.6. The number of benzene rings is 5. The fourth-order valence-corrected chi connectivity index (χ4v) is 6.92. The number of halogens is 2. The Morgan fingerprint density at radius 2 is 1.20 bits per heavy atom. The molecule has 0 bridgehead atoms. The quantitative estimate of drug-likeness (QED) is 0.0405. The van der Waals surface area contributed by atoms with Crippen molar-refractivity contribution >= 4 is 98.8 Å². The number of hydrogen-bond donors (Lipinski definition) is 0. The lowest BCUT2D eigenvalue weighted by molar-refractivity contribution is 0.0388. The Bertz CT molecular complexity index is 1940. The van der Waals surface area contributed by atoms with Crippen molar-refractivity contribution in [3.05, 3.63) is 67.6 Å². The average Bonchev–Trinajstić information content (AvgIpc) is 2.95. The van der Waals surface area contributed by atoms with E-state index in [0.717, 1.165) is 40.8 Å². The number of hydrogen-bond acceptors (Lipinski definition) is 7. The Labute approximate surface area is 251 Å². The largest absolute Gasteiger partial charge is 0.462 e. The summed E-state index contributed by atoms with van der Waals surface area (Å²) < 4.78 is 17.4. The topological polar surface area (TPSA) is 96.0 Å². The van der Waals surface area contributed by atoms with Crippen LogP contribution >= 0.6 is 31.9 Å². The molecule has 1 aliphatic rings. The Hall–Kier alpha value is -3.56. The summed E-state index contributed by atoms with van der Waals surface area (Å²) in [5.74, 6) is -2.47. The maximum Gasteiger partial charge on any atom is 0.346 e. The van der Waals surface area contributed by atoms with Crippen LogP contribution < -0.4 is 0 Å². The minimum absolute atomic E-state index is 0.250. The van der Waals surface area contributed by atoms with Crippen LogP contribution in [0.25, 0.3) is 43.1 Å². The molecule has 0 saturated heterocycles. The van der Waals surface area contributed by atoms with Gasteiger partial charge in [0.1, 0.15) is 0 Å². The van der Waals surface area contributed by atoms with E-state index in [4.69, 9.17) is 14.2 Å². The number of unbranched alkanes of at least 4 members (excludes halogenated alkanes) is 2. The van der Waals surface area contributed by atoms with E-state index in [9.17, 15) is 19.2 Å². The summed E-state index contributed by atoms with van der Waals surface area (Å²) >= 11 is 7.35. The Balaban J connectivity index is 1.77. The number of esters is 4. The van der Waals surface area contributed by atoms with Gasteiger partial charge in [-0.25, -0.2) is 19.2 Å². The van der Waals surface area contributed by atoms with Crippen LogP contribution in [0.5, 0.6) is 0 Å². The zero-order valence-electron chi connectivity index (χ0n) is 22.3. The van der Waals surface area contributed by atoms with Crippen molar-refractivity contribution in [1.82, 2.24) is 0 Å². The molecule has 1 heterocycles. The highest BCUT2D eigenvalue weighted by atomic mass is 79.9. The van der Waals surface area contributed by atoms with Crippen molar-refractivity contribution < 1.29 is 33.4 Å². The molecule has 9 heteroatoms. The van der Waals surface area contributed by atoms with E-state index in [2.05, 4.69) is 31.9 Å². The molecule has 0 spiro atoms. The predicted molar refractivity (Wildman–Crippen MR) is 163 cm³/mol. The molecule has 0 atom stereocenters. The summed E-state index contributed by atoms with van der Waals surface area (Å²) in [5.41, 5.74) is 1.10.